The number of allylic oxidation sites excluding steroid dienone is 4. The number of rotatable bonds is 0. The van der Waals surface area contributed by atoms with Crippen LogP contribution in [0.15, 0.2) is 24.4 Å². The Balaban J connectivity index is -0.000000353. The van der Waals surface area contributed by atoms with E-state index >= 15 is 0 Å². The molecule has 0 saturated carbocycles. The van der Waals surface area contributed by atoms with Crippen molar-refractivity contribution in [1.29, 1.82) is 0 Å². The molecule has 1 N–H and O–H groups in total. The van der Waals surface area contributed by atoms with Crippen LogP contribution in [0.2, 0.25) is 13.1 Å². The van der Waals surface area contributed by atoms with Gasteiger partial charge in [0.1, 0.15) is 0 Å². The summed E-state index contributed by atoms with van der Waals surface area (Å²) in [6.45, 7) is 17.9. The van der Waals surface area contributed by atoms with Gasteiger partial charge in [-0.1, -0.05) is 60.1 Å². The molecule has 1 aromatic rings. The summed E-state index contributed by atoms with van der Waals surface area (Å²) >= 11 is 0. The van der Waals surface area contributed by atoms with Gasteiger partial charge in [0, 0.05) is 0 Å². The van der Waals surface area contributed by atoms with Gasteiger partial charge < -0.3 is 29.8 Å². The molecule has 0 atom stereocenters. The van der Waals surface area contributed by atoms with Crippen LogP contribution in [-0.2, 0) is 32.5 Å². The normalized spacial score (nSPS) is 12.4. The minimum Gasteiger partial charge on any atom is -1.00 e. The Kier molecular flexibility index (Phi) is 14.1. The second-order valence-electron chi connectivity index (χ2n) is 7.79. The number of hydrogen-bond donors (Lipinski definition) is 1. The molecule has 1 aliphatic carbocycles. The van der Waals surface area contributed by atoms with E-state index in [1.807, 2.05) is 12.2 Å². The number of aromatic amines is 1. The van der Waals surface area contributed by atoms with E-state index < -0.39 is 0 Å². The van der Waals surface area contributed by atoms with Crippen molar-refractivity contribution < 1.29 is 46.5 Å². The second kappa shape index (κ2) is 11.7. The van der Waals surface area contributed by atoms with Crippen molar-refractivity contribution in [1.82, 2.24) is 4.98 Å². The summed E-state index contributed by atoms with van der Waals surface area (Å²) in [5.74, 6) is 0. The topological polar surface area (TPSA) is 15.8 Å². The number of nitrogens with one attached hydrogen (secondary N) is 1. The molecule has 0 saturated heterocycles. The zero-order valence-electron chi connectivity index (χ0n) is 16.1. The molecule has 0 aromatic carbocycles. The summed E-state index contributed by atoms with van der Waals surface area (Å²) in [6.07, 6.45) is 14.7. The second-order valence-corrected chi connectivity index (χ2v) is 10.3. The molecule has 5 heteroatoms. The van der Waals surface area contributed by atoms with E-state index in [-0.39, 0.29) is 65.8 Å². The molecular weight excluding hydrogens is 389 g/mol. The van der Waals surface area contributed by atoms with Crippen LogP contribution in [-0.4, -0.2) is 18.6 Å². The van der Waals surface area contributed by atoms with E-state index in [4.69, 9.17) is 0 Å². The average molecular weight is 418 g/mol. The van der Waals surface area contributed by atoms with Gasteiger partial charge in [-0.25, -0.2) is 12.2 Å². The van der Waals surface area contributed by atoms with Crippen LogP contribution in [0.3, 0.4) is 0 Å². The molecule has 0 aliphatic heterocycles. The maximum absolute atomic E-state index is 3.23. The van der Waals surface area contributed by atoms with E-state index in [0.29, 0.717) is 0 Å². The summed E-state index contributed by atoms with van der Waals surface area (Å²) in [7, 11) is -0.225. The third kappa shape index (κ3) is 9.01. The number of H-pyrrole nitrogens is 1. The molecule has 0 spiro atoms. The minimum atomic E-state index is -0.225. The Hall–Kier alpha value is 0.141. The molecule has 1 nitrogen and oxygen atoms in total. The molecule has 2 rings (SSSR count). The first kappa shape index (κ1) is 28.9. The summed E-state index contributed by atoms with van der Waals surface area (Å²) in [5, 5.41) is 1.41. The molecule has 1 aliphatic rings. The molecule has 0 amide bonds. The summed E-state index contributed by atoms with van der Waals surface area (Å²) in [5.41, 5.74) is 3.07. The van der Waals surface area contributed by atoms with Gasteiger partial charge >= 0.3 is 21.7 Å². The number of hydrogen-bond acceptors (Lipinski definition) is 0. The SMILES string of the molecule is CC(C)(C)c1[c-][nH]cc1C(C)(C)C.C[Si](C)=C1[C-]=CC=C1.[Cl-].[Cl-].[Ti+4]. The average Bonchev–Trinajstić information content (AvgIpc) is 3.00. The van der Waals surface area contributed by atoms with E-state index in [9.17, 15) is 0 Å². The van der Waals surface area contributed by atoms with Gasteiger partial charge in [-0.05, 0) is 13.8 Å². The largest absolute Gasteiger partial charge is 4.00 e. The first-order chi connectivity index (χ1) is 9.53. The first-order valence-electron chi connectivity index (χ1n) is 7.57. The van der Waals surface area contributed by atoms with E-state index in [2.05, 4.69) is 84.2 Å². The fourth-order valence-electron chi connectivity index (χ4n) is 2.14. The van der Waals surface area contributed by atoms with Gasteiger partial charge in [-0.15, -0.1) is 18.0 Å². The molecule has 24 heavy (non-hydrogen) atoms. The van der Waals surface area contributed by atoms with E-state index in [1.165, 1.54) is 16.3 Å². The van der Waals surface area contributed by atoms with Crippen LogP contribution in [0.1, 0.15) is 52.7 Å². The van der Waals surface area contributed by atoms with Gasteiger partial charge in [-0.2, -0.15) is 22.9 Å². The van der Waals surface area contributed by atoms with Crippen LogP contribution < -0.4 is 24.8 Å². The number of halogens is 2. The molecule has 0 unspecified atom stereocenters. The van der Waals surface area contributed by atoms with Crippen LogP contribution in [0.5, 0.6) is 0 Å². The van der Waals surface area contributed by atoms with Crippen molar-refractivity contribution in [3.63, 3.8) is 0 Å². The Morgan fingerprint density at radius 2 is 1.50 bits per heavy atom. The van der Waals surface area contributed by atoms with Gasteiger partial charge in [0.15, 0.2) is 0 Å². The zero-order valence-corrected chi connectivity index (χ0v) is 20.1. The van der Waals surface area contributed by atoms with E-state index in [0.717, 1.165) is 0 Å². The number of aromatic nitrogens is 1. The first-order valence-corrected chi connectivity index (χ1v) is 10.1. The minimum absolute atomic E-state index is 0. The third-order valence-corrected chi connectivity index (χ3v) is 4.77. The summed E-state index contributed by atoms with van der Waals surface area (Å²) < 4.78 is 0. The van der Waals surface area contributed by atoms with E-state index in [1.54, 1.807) is 0 Å². The van der Waals surface area contributed by atoms with Gasteiger partial charge in [0.25, 0.3) is 0 Å². The zero-order chi connectivity index (χ0) is 16.3. The van der Waals surface area contributed by atoms with Crippen LogP contribution in [0, 0.1) is 12.3 Å². The van der Waals surface area contributed by atoms with Gasteiger partial charge in [0.2, 0.25) is 0 Å². The van der Waals surface area contributed by atoms with Crippen molar-refractivity contribution in [2.24, 2.45) is 0 Å². The molecular formula is C19H29Cl2NSiTi. The summed E-state index contributed by atoms with van der Waals surface area (Å²) in [4.78, 5) is 3.09. The van der Waals surface area contributed by atoms with Crippen LogP contribution in [0.4, 0.5) is 0 Å². The van der Waals surface area contributed by atoms with Crippen LogP contribution in [0.25, 0.3) is 0 Å². The molecule has 0 radical (unpaired) electrons. The van der Waals surface area contributed by atoms with Crippen molar-refractivity contribution in [3.05, 3.63) is 47.8 Å². The third-order valence-electron chi connectivity index (χ3n) is 3.38. The van der Waals surface area contributed by atoms with Crippen LogP contribution >= 0.6 is 0 Å². The quantitative estimate of drug-likeness (QED) is 0.404. The Labute approximate surface area is 177 Å². The van der Waals surface area contributed by atoms with Crippen molar-refractivity contribution in [2.75, 3.05) is 0 Å². The molecule has 0 fully saturated rings. The Morgan fingerprint density at radius 3 is 1.75 bits per heavy atom. The maximum atomic E-state index is 3.23. The molecule has 0 bridgehead atoms. The smallest absolute Gasteiger partial charge is 1.00 e. The monoisotopic (exact) mass is 417 g/mol. The molecule has 1 heterocycles. The van der Waals surface area contributed by atoms with Crippen molar-refractivity contribution in [2.45, 2.75) is 65.5 Å². The fraction of sp³-hybridized carbons (Fsp3) is 0.526. The molecule has 1 aromatic heterocycles. The standard InChI is InChI=1S/C12H20N.C7H9Si.2ClH.Ti/c1-11(2,3)9-7-13-8-10(9)12(4,5)6;1-8(2)7-5-3-4-6-7;;;/h7,13H,1-6H3;3-5H,1-2H3;2*1H;/q2*-1;;;+4/p-2. The van der Waals surface area contributed by atoms with Crippen molar-refractivity contribution >= 4 is 13.6 Å². The Bertz CT molecular complexity index is 526. The summed E-state index contributed by atoms with van der Waals surface area (Å²) in [6, 6.07) is 0. The Morgan fingerprint density at radius 1 is 0.958 bits per heavy atom. The van der Waals surface area contributed by atoms with Gasteiger partial charge in [0.05, 0.1) is 0 Å². The molecule has 132 valence electrons. The fourth-order valence-corrected chi connectivity index (χ4v) is 2.95. The predicted molar refractivity (Wildman–Crippen MR) is 96.5 cm³/mol. The van der Waals surface area contributed by atoms with Gasteiger partial charge in [-0.3, -0.25) is 0 Å². The van der Waals surface area contributed by atoms with Crippen molar-refractivity contribution in [3.8, 4) is 0 Å². The predicted octanol–water partition coefficient (Wildman–Crippen LogP) is -1.16. The maximum Gasteiger partial charge on any atom is 4.00 e.